The quantitative estimate of drug-likeness (QED) is 0.0146. The monoisotopic (exact) mass is 1290 g/mol. The second-order valence-corrected chi connectivity index (χ2v) is 25.1. The Morgan fingerprint density at radius 3 is 1.00 bits per heavy atom. The van der Waals surface area contributed by atoms with Gasteiger partial charge in [0.25, 0.3) is 0 Å². The molecule has 0 bridgehead atoms. The number of aliphatic hydroxyl groups is 2. The van der Waals surface area contributed by atoms with Gasteiger partial charge in [0.2, 0.25) is 0 Å². The molecule has 0 saturated heterocycles. The van der Waals surface area contributed by atoms with E-state index in [-0.39, 0.29) is 19.3 Å². The zero-order chi connectivity index (χ0) is 65.3. The number of carbonyl (C=O) groups excluding carboxylic acids is 3. The summed E-state index contributed by atoms with van der Waals surface area (Å²) in [7, 11) is -9.79. The molecule has 0 spiro atoms. The molecule has 0 saturated carbocycles. The summed E-state index contributed by atoms with van der Waals surface area (Å²) in [5, 5.41) is 20.5. The Bertz CT molecular complexity index is 2110. The molecule has 0 aliphatic carbocycles. The highest BCUT2D eigenvalue weighted by atomic mass is 31.2. The van der Waals surface area contributed by atoms with E-state index in [2.05, 4.69) is 142 Å². The second kappa shape index (κ2) is 64.1. The van der Waals surface area contributed by atoms with Crippen molar-refractivity contribution in [3.05, 3.63) is 122 Å². The number of hydrogen-bond donors (Lipinski definition) is 4. The number of phosphoric ester groups is 2. The van der Waals surface area contributed by atoms with Crippen molar-refractivity contribution in [1.29, 1.82) is 0 Å². The molecule has 0 aromatic heterocycles. The lowest BCUT2D eigenvalue weighted by Gasteiger charge is -2.21. The first-order chi connectivity index (χ1) is 43.2. The molecule has 18 heteroatoms. The molecule has 0 aromatic carbocycles. The molecule has 16 nitrogen and oxygen atoms in total. The van der Waals surface area contributed by atoms with Gasteiger partial charge in [-0.05, 0) is 128 Å². The number of unbranched alkanes of at least 4 members (excludes halogenated alkanes) is 20. The van der Waals surface area contributed by atoms with Gasteiger partial charge < -0.3 is 34.2 Å². The molecule has 0 radical (unpaired) electrons. The van der Waals surface area contributed by atoms with Crippen molar-refractivity contribution < 1.29 is 75.8 Å². The summed E-state index contributed by atoms with van der Waals surface area (Å²) in [6.07, 6.45) is 72.6. The molecule has 4 N–H and O–H groups in total. The smallest absolute Gasteiger partial charge is 0.463 e. The van der Waals surface area contributed by atoms with E-state index >= 15 is 0 Å². The van der Waals surface area contributed by atoms with Crippen LogP contribution >= 0.6 is 15.6 Å². The molecule has 0 aromatic rings. The summed E-state index contributed by atoms with van der Waals surface area (Å²) < 4.78 is 60.7. The van der Waals surface area contributed by atoms with Gasteiger partial charge in [-0.15, -0.1) is 0 Å². The predicted octanol–water partition coefficient (Wildman–Crippen LogP) is 18.6. The zero-order valence-electron chi connectivity index (χ0n) is 55.1. The first kappa shape index (κ1) is 85.0. The van der Waals surface area contributed by atoms with E-state index in [1.54, 1.807) is 0 Å². The number of allylic oxidation sites excluding steroid dienone is 20. The average molecular weight is 1290 g/mol. The highest BCUT2D eigenvalue weighted by Gasteiger charge is 2.29. The molecule has 89 heavy (non-hydrogen) atoms. The van der Waals surface area contributed by atoms with Crippen molar-refractivity contribution in [3.8, 4) is 0 Å². The first-order valence-electron chi connectivity index (χ1n) is 33.8. The Morgan fingerprint density at radius 1 is 0.326 bits per heavy atom. The van der Waals surface area contributed by atoms with E-state index in [4.69, 9.17) is 32.3 Å². The van der Waals surface area contributed by atoms with Crippen LogP contribution in [0.3, 0.4) is 0 Å². The van der Waals surface area contributed by atoms with E-state index < -0.39 is 91.5 Å². The van der Waals surface area contributed by atoms with Crippen LogP contribution in [0.15, 0.2) is 122 Å². The Morgan fingerprint density at radius 2 is 0.607 bits per heavy atom. The Labute approximate surface area is 538 Å². The van der Waals surface area contributed by atoms with Gasteiger partial charge in [0.05, 0.1) is 26.4 Å². The van der Waals surface area contributed by atoms with Gasteiger partial charge in [0, 0.05) is 19.3 Å². The van der Waals surface area contributed by atoms with Crippen molar-refractivity contribution in [2.24, 2.45) is 0 Å². The molecule has 0 rings (SSSR count). The van der Waals surface area contributed by atoms with Crippen molar-refractivity contribution in [1.82, 2.24) is 0 Å². The third-order valence-electron chi connectivity index (χ3n) is 13.6. The van der Waals surface area contributed by atoms with E-state index in [1.165, 1.54) is 38.5 Å². The van der Waals surface area contributed by atoms with Crippen molar-refractivity contribution in [2.45, 2.75) is 270 Å². The third-order valence-corrected chi connectivity index (χ3v) is 15.5. The number of esters is 3. The third kappa shape index (κ3) is 65.3. The fourth-order valence-electron chi connectivity index (χ4n) is 8.44. The van der Waals surface area contributed by atoms with Crippen LogP contribution in [0.1, 0.15) is 252 Å². The van der Waals surface area contributed by atoms with Crippen molar-refractivity contribution >= 4 is 33.6 Å². The first-order valence-corrected chi connectivity index (χ1v) is 36.8. The maximum atomic E-state index is 12.9. The normalized spacial score (nSPS) is 15.0. The van der Waals surface area contributed by atoms with Gasteiger partial charge in [-0.25, -0.2) is 9.13 Å². The fourth-order valence-corrected chi connectivity index (χ4v) is 10.0. The lowest BCUT2D eigenvalue weighted by molar-refractivity contribution is -0.161. The van der Waals surface area contributed by atoms with Crippen LogP contribution in [-0.2, 0) is 55.8 Å². The standard InChI is InChI=1S/C71H120O16P2/c1-4-7-10-13-16-19-22-24-26-28-30-31-32-33-35-37-38-40-43-45-48-51-54-57-69(74)81-60-66(72)61-83-88(77,78)84-62-67(73)63-85-89(79,80)86-65-68(87-71(76)59-56-53-50-47-42-21-18-15-12-9-6-3)64-82-70(75)58-55-52-49-46-44-41-39-36-34-29-27-25-23-20-17-14-11-8-5-2/h8,11,15-20,24-27,30-31,33-36,41,44,66-68,72-73H,4-7,9-10,12-14,21-23,28-29,32,37-40,42-43,45-65H2,1-3H3,(H,77,78)(H,79,80)/b11-8-,18-15-,19-16-,20-17-,26-24-,27-25-,31-30-,35-33-,36-34-,44-41-. The summed E-state index contributed by atoms with van der Waals surface area (Å²) >= 11 is 0. The molecule has 0 fully saturated rings. The van der Waals surface area contributed by atoms with Crippen molar-refractivity contribution in [3.63, 3.8) is 0 Å². The molecular weight excluding hydrogens is 1170 g/mol. The van der Waals surface area contributed by atoms with Crippen LogP contribution in [0.2, 0.25) is 0 Å². The topological polar surface area (TPSA) is 231 Å². The second-order valence-electron chi connectivity index (χ2n) is 22.2. The van der Waals surface area contributed by atoms with E-state index in [9.17, 15) is 43.5 Å². The minimum absolute atomic E-state index is 0.0831. The minimum atomic E-state index is -4.93. The zero-order valence-corrected chi connectivity index (χ0v) is 56.8. The Kier molecular flexibility index (Phi) is 61.2. The number of carbonyl (C=O) groups is 3. The Hall–Kier alpha value is -4.05. The number of hydrogen-bond acceptors (Lipinski definition) is 14. The van der Waals surface area contributed by atoms with Crippen LogP contribution in [0.4, 0.5) is 0 Å². The van der Waals surface area contributed by atoms with Gasteiger partial charge in [-0.1, -0.05) is 226 Å². The van der Waals surface area contributed by atoms with E-state index in [0.717, 1.165) is 154 Å². The SMILES string of the molecule is CC/C=C\C/C=C\C/C=C\C/C=C\C/C=C\CCCCCC(=O)OCC(COP(=O)(O)OCC(O)COP(=O)(O)OCC(O)COC(=O)CCCCCCCCC/C=C\C/C=C\C/C=C\C/C=C\CCCCC)OC(=O)CCCCCCC/C=C\CCCC. The lowest BCUT2D eigenvalue weighted by Crippen LogP contribution is -2.30. The predicted molar refractivity (Wildman–Crippen MR) is 362 cm³/mol. The molecule has 5 unspecified atom stereocenters. The average Bonchev–Trinajstić information content (AvgIpc) is 3.53. The van der Waals surface area contributed by atoms with Crippen LogP contribution in [-0.4, -0.2) is 95.9 Å². The van der Waals surface area contributed by atoms with Gasteiger partial charge >= 0.3 is 33.6 Å². The van der Waals surface area contributed by atoms with E-state index in [1.807, 2.05) is 0 Å². The summed E-state index contributed by atoms with van der Waals surface area (Å²) in [4.78, 5) is 58.3. The highest BCUT2D eigenvalue weighted by Crippen LogP contribution is 2.45. The van der Waals surface area contributed by atoms with Gasteiger partial charge in [0.15, 0.2) is 6.10 Å². The maximum absolute atomic E-state index is 12.9. The summed E-state index contributed by atoms with van der Waals surface area (Å²) in [5.41, 5.74) is 0. The largest absolute Gasteiger partial charge is 0.472 e. The minimum Gasteiger partial charge on any atom is -0.463 e. The van der Waals surface area contributed by atoms with Crippen molar-refractivity contribution in [2.75, 3.05) is 39.6 Å². The lowest BCUT2D eigenvalue weighted by atomic mass is 10.1. The van der Waals surface area contributed by atoms with Gasteiger partial charge in [-0.3, -0.25) is 32.5 Å². The molecule has 0 heterocycles. The summed E-state index contributed by atoms with van der Waals surface area (Å²) in [5.74, 6) is -1.64. The molecule has 5 atom stereocenters. The molecular formula is C71H120O16P2. The fraction of sp³-hybridized carbons (Fsp3) is 0.676. The van der Waals surface area contributed by atoms with Crippen LogP contribution in [0.5, 0.6) is 0 Å². The van der Waals surface area contributed by atoms with E-state index in [0.29, 0.717) is 19.3 Å². The highest BCUT2D eigenvalue weighted by molar-refractivity contribution is 7.47. The number of aliphatic hydroxyl groups excluding tert-OH is 2. The molecule has 0 aliphatic rings. The van der Waals surface area contributed by atoms with Gasteiger partial charge in [-0.2, -0.15) is 0 Å². The van der Waals surface area contributed by atoms with Gasteiger partial charge in [0.1, 0.15) is 25.4 Å². The number of ether oxygens (including phenoxy) is 3. The number of rotatable bonds is 63. The van der Waals surface area contributed by atoms with Crippen LogP contribution in [0, 0.1) is 0 Å². The maximum Gasteiger partial charge on any atom is 0.472 e. The molecule has 0 aliphatic heterocycles. The Balaban J connectivity index is 4.61. The van der Waals surface area contributed by atoms with Crippen LogP contribution < -0.4 is 0 Å². The molecule has 0 amide bonds. The number of phosphoric acid groups is 2. The summed E-state index contributed by atoms with van der Waals surface area (Å²) in [6, 6.07) is 0. The van der Waals surface area contributed by atoms with Crippen LogP contribution in [0.25, 0.3) is 0 Å². The summed E-state index contributed by atoms with van der Waals surface area (Å²) in [6.45, 7) is 2.40. The molecule has 510 valence electrons.